The largest absolute Gasteiger partial charge is 0.240 e. The minimum atomic E-state index is 0.758. The second-order valence-corrected chi connectivity index (χ2v) is 5.35. The number of hydrogen-bond acceptors (Lipinski definition) is 1. The number of hydrogen-bond donors (Lipinski definition) is 0. The van der Waals surface area contributed by atoms with E-state index in [0.717, 1.165) is 16.4 Å². The van der Waals surface area contributed by atoms with E-state index in [1.54, 1.807) is 0 Å². The van der Waals surface area contributed by atoms with Crippen LogP contribution in [0, 0.1) is 13.8 Å². The Kier molecular flexibility index (Phi) is 3.33. The maximum absolute atomic E-state index is 5.93. The van der Waals surface area contributed by atoms with Crippen LogP contribution in [0.2, 0.25) is 5.02 Å². The Hall–Kier alpha value is -2.06. The predicted octanol–water partition coefficient (Wildman–Crippen LogP) is 4.81. The van der Waals surface area contributed by atoms with Crippen molar-refractivity contribution in [3.05, 3.63) is 71.0 Å². The van der Waals surface area contributed by atoms with Crippen molar-refractivity contribution < 1.29 is 0 Å². The van der Waals surface area contributed by atoms with Gasteiger partial charge in [-0.15, -0.1) is 0 Å². The van der Waals surface area contributed by atoms with E-state index in [2.05, 4.69) is 30.2 Å². The fraction of sp³-hybridized carbons (Fsp3) is 0.118. The molecular weight excluding hydrogens is 268 g/mol. The zero-order valence-corrected chi connectivity index (χ0v) is 12.2. The van der Waals surface area contributed by atoms with Gasteiger partial charge < -0.3 is 0 Å². The Bertz CT molecular complexity index is 742. The number of nitrogens with zero attached hydrogens (tertiary/aromatic N) is 2. The Morgan fingerprint density at radius 3 is 2.20 bits per heavy atom. The molecule has 0 atom stereocenters. The average molecular weight is 283 g/mol. The molecule has 2 aromatic carbocycles. The lowest BCUT2D eigenvalue weighted by Crippen LogP contribution is -1.98. The van der Waals surface area contributed by atoms with Crippen LogP contribution in [0.1, 0.15) is 11.3 Å². The van der Waals surface area contributed by atoms with E-state index in [1.807, 2.05) is 48.1 Å². The molecule has 0 spiro atoms. The fourth-order valence-electron chi connectivity index (χ4n) is 2.28. The summed E-state index contributed by atoms with van der Waals surface area (Å²) in [6.07, 6.45) is 1.99. The van der Waals surface area contributed by atoms with Gasteiger partial charge in [-0.05, 0) is 60.9 Å². The van der Waals surface area contributed by atoms with Crippen LogP contribution >= 0.6 is 11.6 Å². The van der Waals surface area contributed by atoms with Gasteiger partial charge in [-0.2, -0.15) is 5.10 Å². The molecule has 20 heavy (non-hydrogen) atoms. The first-order chi connectivity index (χ1) is 9.63. The summed E-state index contributed by atoms with van der Waals surface area (Å²) in [5.74, 6) is 0. The van der Waals surface area contributed by atoms with Crippen LogP contribution in [0.5, 0.6) is 0 Å². The van der Waals surface area contributed by atoms with Crippen LogP contribution in [-0.4, -0.2) is 9.78 Å². The SMILES string of the molecule is Cc1ccn(-c2ccc(-c3ccc(Cl)cc3)cc2C)n1. The van der Waals surface area contributed by atoms with Crippen LogP contribution < -0.4 is 0 Å². The second kappa shape index (κ2) is 5.14. The molecule has 0 saturated heterocycles. The van der Waals surface area contributed by atoms with Crippen LogP contribution in [-0.2, 0) is 0 Å². The third-order valence-corrected chi connectivity index (χ3v) is 3.60. The van der Waals surface area contributed by atoms with Crippen LogP contribution in [0.15, 0.2) is 54.7 Å². The highest BCUT2D eigenvalue weighted by Gasteiger charge is 2.05. The van der Waals surface area contributed by atoms with Crippen molar-refractivity contribution in [3.8, 4) is 16.8 Å². The van der Waals surface area contributed by atoms with E-state index < -0.39 is 0 Å². The first kappa shape index (κ1) is 12.9. The van der Waals surface area contributed by atoms with E-state index >= 15 is 0 Å². The van der Waals surface area contributed by atoms with Crippen LogP contribution in [0.4, 0.5) is 0 Å². The summed E-state index contributed by atoms with van der Waals surface area (Å²) in [6.45, 7) is 4.10. The van der Waals surface area contributed by atoms with Crippen molar-refractivity contribution in [2.45, 2.75) is 13.8 Å². The van der Waals surface area contributed by atoms with Crippen molar-refractivity contribution in [2.24, 2.45) is 0 Å². The molecule has 1 heterocycles. The van der Waals surface area contributed by atoms with E-state index in [-0.39, 0.29) is 0 Å². The monoisotopic (exact) mass is 282 g/mol. The molecule has 0 radical (unpaired) electrons. The molecule has 0 bridgehead atoms. The van der Waals surface area contributed by atoms with Crippen LogP contribution in [0.25, 0.3) is 16.8 Å². The van der Waals surface area contributed by atoms with Gasteiger partial charge in [0.2, 0.25) is 0 Å². The van der Waals surface area contributed by atoms with Crippen molar-refractivity contribution in [1.29, 1.82) is 0 Å². The van der Waals surface area contributed by atoms with Crippen molar-refractivity contribution >= 4 is 11.6 Å². The van der Waals surface area contributed by atoms with E-state index in [1.165, 1.54) is 16.7 Å². The molecule has 3 rings (SSSR count). The van der Waals surface area contributed by atoms with E-state index in [9.17, 15) is 0 Å². The number of aryl methyl sites for hydroxylation is 2. The number of halogens is 1. The molecular formula is C17H15ClN2. The van der Waals surface area contributed by atoms with Crippen molar-refractivity contribution in [1.82, 2.24) is 9.78 Å². The topological polar surface area (TPSA) is 17.8 Å². The Balaban J connectivity index is 2.01. The predicted molar refractivity (Wildman–Crippen MR) is 83.5 cm³/mol. The summed E-state index contributed by atoms with van der Waals surface area (Å²) in [6, 6.07) is 16.3. The van der Waals surface area contributed by atoms with Gasteiger partial charge in [0, 0.05) is 11.2 Å². The first-order valence-electron chi connectivity index (χ1n) is 6.53. The maximum Gasteiger partial charge on any atom is 0.0675 e. The van der Waals surface area contributed by atoms with E-state index in [0.29, 0.717) is 0 Å². The van der Waals surface area contributed by atoms with Gasteiger partial charge in [-0.1, -0.05) is 29.8 Å². The summed E-state index contributed by atoms with van der Waals surface area (Å²) < 4.78 is 1.91. The molecule has 0 aliphatic heterocycles. The molecule has 0 unspecified atom stereocenters. The normalized spacial score (nSPS) is 10.8. The van der Waals surface area contributed by atoms with Gasteiger partial charge in [0.15, 0.2) is 0 Å². The Labute approximate surface area is 123 Å². The summed E-state index contributed by atoms with van der Waals surface area (Å²) in [5, 5.41) is 5.21. The molecule has 0 aliphatic rings. The molecule has 0 fully saturated rings. The summed E-state index contributed by atoms with van der Waals surface area (Å²) in [4.78, 5) is 0. The molecule has 2 nitrogen and oxygen atoms in total. The van der Waals surface area contributed by atoms with Gasteiger partial charge in [0.05, 0.1) is 11.4 Å². The molecule has 3 aromatic rings. The smallest absolute Gasteiger partial charge is 0.0675 e. The average Bonchev–Trinajstić information content (AvgIpc) is 2.86. The summed E-state index contributed by atoms with van der Waals surface area (Å²) in [7, 11) is 0. The quantitative estimate of drug-likeness (QED) is 0.659. The lowest BCUT2D eigenvalue weighted by atomic mass is 10.0. The van der Waals surface area contributed by atoms with Gasteiger partial charge in [0.25, 0.3) is 0 Å². The third-order valence-electron chi connectivity index (χ3n) is 3.34. The second-order valence-electron chi connectivity index (χ2n) is 4.91. The number of benzene rings is 2. The highest BCUT2D eigenvalue weighted by Crippen LogP contribution is 2.25. The molecule has 0 N–H and O–H groups in total. The lowest BCUT2D eigenvalue weighted by molar-refractivity contribution is 0.856. The lowest BCUT2D eigenvalue weighted by Gasteiger charge is -2.09. The van der Waals surface area contributed by atoms with Crippen molar-refractivity contribution in [2.75, 3.05) is 0 Å². The minimum absolute atomic E-state index is 0.758. The first-order valence-corrected chi connectivity index (χ1v) is 6.90. The van der Waals surface area contributed by atoms with Gasteiger partial charge in [-0.25, -0.2) is 4.68 Å². The number of rotatable bonds is 2. The van der Waals surface area contributed by atoms with Gasteiger partial charge >= 0.3 is 0 Å². The Morgan fingerprint density at radius 2 is 1.60 bits per heavy atom. The molecule has 1 aromatic heterocycles. The molecule has 3 heteroatoms. The Morgan fingerprint density at radius 1 is 0.900 bits per heavy atom. The third kappa shape index (κ3) is 2.47. The highest BCUT2D eigenvalue weighted by molar-refractivity contribution is 6.30. The molecule has 0 amide bonds. The van der Waals surface area contributed by atoms with Crippen molar-refractivity contribution in [3.63, 3.8) is 0 Å². The zero-order chi connectivity index (χ0) is 14.1. The molecule has 0 aliphatic carbocycles. The fourth-order valence-corrected chi connectivity index (χ4v) is 2.41. The standard InChI is InChI=1S/C17H15ClN2/c1-12-11-15(14-3-6-16(18)7-4-14)5-8-17(12)20-10-9-13(2)19-20/h3-11H,1-2H3. The summed E-state index contributed by atoms with van der Waals surface area (Å²) >= 11 is 5.93. The summed E-state index contributed by atoms with van der Waals surface area (Å²) in [5.41, 5.74) is 5.68. The molecule has 0 saturated carbocycles. The number of aromatic nitrogens is 2. The van der Waals surface area contributed by atoms with E-state index in [4.69, 9.17) is 11.6 Å². The van der Waals surface area contributed by atoms with Gasteiger partial charge in [0.1, 0.15) is 0 Å². The van der Waals surface area contributed by atoms with Gasteiger partial charge in [-0.3, -0.25) is 0 Å². The minimum Gasteiger partial charge on any atom is -0.240 e. The molecule has 100 valence electrons. The van der Waals surface area contributed by atoms with Crippen LogP contribution in [0.3, 0.4) is 0 Å². The zero-order valence-electron chi connectivity index (χ0n) is 11.5. The highest BCUT2D eigenvalue weighted by atomic mass is 35.5. The maximum atomic E-state index is 5.93.